The zero-order chi connectivity index (χ0) is 29.8. The molecule has 2 aliphatic rings. The van der Waals surface area contributed by atoms with Crippen LogP contribution < -0.4 is 23.7 Å². The molecule has 13 heteroatoms. The molecule has 2 aromatic rings. The molecule has 13 nitrogen and oxygen atoms in total. The summed E-state index contributed by atoms with van der Waals surface area (Å²) < 4.78 is 39.1. The quantitative estimate of drug-likeness (QED) is 0.210. The smallest absolute Gasteiger partial charge is 0.229 e. The van der Waals surface area contributed by atoms with Gasteiger partial charge in [0.25, 0.3) is 0 Å². The molecule has 0 amide bonds. The van der Waals surface area contributed by atoms with E-state index in [2.05, 4.69) is 0 Å². The highest BCUT2D eigenvalue weighted by Gasteiger charge is 2.45. The maximum atomic E-state index is 10.4. The van der Waals surface area contributed by atoms with Crippen LogP contribution in [0.1, 0.15) is 17.2 Å². The number of hydrogen-bond acceptors (Lipinski definition) is 13. The van der Waals surface area contributed by atoms with E-state index < -0.39 is 43.4 Å². The SMILES string of the molecule is COc1cc(C[C@H]2CO[C@H](c3cc(OC)c(O[C@@H]4O[C@H](CO)[C@@H](O)[C@H](O)[C@H]4O)c(OC)c3)[C@H]2CO)cc(OC)c1O. The van der Waals surface area contributed by atoms with Crippen molar-refractivity contribution in [3.8, 4) is 34.5 Å². The largest absolute Gasteiger partial charge is 0.502 e. The number of aliphatic hydroxyl groups excluding tert-OH is 5. The second-order valence-corrected chi connectivity index (χ2v) is 9.98. The number of rotatable bonds is 11. The fourth-order valence-electron chi connectivity index (χ4n) is 5.35. The summed E-state index contributed by atoms with van der Waals surface area (Å²) in [6.07, 6.45) is -7.40. The Labute approximate surface area is 237 Å². The summed E-state index contributed by atoms with van der Waals surface area (Å²) in [5.41, 5.74) is 1.48. The van der Waals surface area contributed by atoms with Gasteiger partial charge in [0.1, 0.15) is 24.4 Å². The summed E-state index contributed by atoms with van der Waals surface area (Å²) >= 11 is 0. The molecule has 0 aromatic heterocycles. The molecule has 8 atom stereocenters. The predicted octanol–water partition coefficient (Wildman–Crippen LogP) is 0.144. The lowest BCUT2D eigenvalue weighted by Crippen LogP contribution is -2.60. The van der Waals surface area contributed by atoms with E-state index in [-0.39, 0.29) is 52.9 Å². The molecule has 0 spiro atoms. The van der Waals surface area contributed by atoms with Crippen molar-refractivity contribution < 1.29 is 63.8 Å². The second-order valence-electron chi connectivity index (χ2n) is 9.98. The summed E-state index contributed by atoms with van der Waals surface area (Å²) in [7, 11) is 5.72. The van der Waals surface area contributed by atoms with Crippen molar-refractivity contribution in [3.63, 3.8) is 0 Å². The molecule has 0 unspecified atom stereocenters. The second kappa shape index (κ2) is 13.3. The van der Waals surface area contributed by atoms with Crippen molar-refractivity contribution in [2.45, 2.75) is 43.2 Å². The molecule has 228 valence electrons. The summed E-state index contributed by atoms with van der Waals surface area (Å²) in [6.45, 7) is -0.435. The first kappa shape index (κ1) is 30.9. The van der Waals surface area contributed by atoms with Crippen molar-refractivity contribution in [2.75, 3.05) is 48.3 Å². The van der Waals surface area contributed by atoms with E-state index in [0.29, 0.717) is 18.6 Å². The lowest BCUT2D eigenvalue weighted by molar-refractivity contribution is -0.277. The fourth-order valence-corrected chi connectivity index (χ4v) is 5.35. The molecule has 0 saturated carbocycles. The Morgan fingerprint density at radius 3 is 1.88 bits per heavy atom. The van der Waals surface area contributed by atoms with Crippen molar-refractivity contribution in [1.82, 2.24) is 0 Å². The summed E-state index contributed by atoms with van der Waals surface area (Å²) in [5, 5.41) is 60.8. The molecule has 0 radical (unpaired) electrons. The van der Waals surface area contributed by atoms with Crippen LogP contribution in [0, 0.1) is 11.8 Å². The Hall–Kier alpha value is -3.04. The van der Waals surface area contributed by atoms with Gasteiger partial charge in [0, 0.05) is 12.5 Å². The molecule has 4 rings (SSSR count). The van der Waals surface area contributed by atoms with E-state index in [1.807, 2.05) is 0 Å². The number of phenolic OH excluding ortho intramolecular Hbond substituents is 1. The Bertz CT molecular complexity index is 1120. The van der Waals surface area contributed by atoms with Crippen molar-refractivity contribution in [1.29, 1.82) is 0 Å². The Kier molecular flexibility index (Phi) is 10.0. The number of hydrogen-bond donors (Lipinski definition) is 6. The summed E-state index contributed by atoms with van der Waals surface area (Å²) in [6, 6.07) is 6.75. The number of ether oxygens (including phenoxy) is 7. The lowest BCUT2D eigenvalue weighted by Gasteiger charge is -2.39. The van der Waals surface area contributed by atoms with Crippen molar-refractivity contribution >= 4 is 0 Å². The highest BCUT2D eigenvalue weighted by molar-refractivity contribution is 5.55. The lowest BCUT2D eigenvalue weighted by atomic mass is 9.84. The van der Waals surface area contributed by atoms with Gasteiger partial charge in [-0.05, 0) is 47.7 Å². The molecule has 2 heterocycles. The maximum absolute atomic E-state index is 10.4. The van der Waals surface area contributed by atoms with E-state index >= 15 is 0 Å². The first-order chi connectivity index (χ1) is 19.7. The van der Waals surface area contributed by atoms with Gasteiger partial charge in [-0.3, -0.25) is 0 Å². The molecule has 2 aromatic carbocycles. The van der Waals surface area contributed by atoms with Gasteiger partial charge in [-0.1, -0.05) is 0 Å². The summed E-state index contributed by atoms with van der Waals surface area (Å²) in [4.78, 5) is 0. The van der Waals surface area contributed by atoms with Crippen molar-refractivity contribution in [3.05, 3.63) is 35.4 Å². The van der Waals surface area contributed by atoms with Crippen LogP contribution in [0.3, 0.4) is 0 Å². The van der Waals surface area contributed by atoms with Crippen LogP contribution >= 0.6 is 0 Å². The summed E-state index contributed by atoms with van der Waals surface area (Å²) in [5.74, 6) is 0.517. The minimum absolute atomic E-state index is 0.0569. The first-order valence-electron chi connectivity index (χ1n) is 13.1. The van der Waals surface area contributed by atoms with Gasteiger partial charge in [-0.2, -0.15) is 0 Å². The van der Waals surface area contributed by atoms with Gasteiger partial charge in [0.2, 0.25) is 17.8 Å². The van der Waals surface area contributed by atoms with Crippen molar-refractivity contribution in [2.24, 2.45) is 11.8 Å². The maximum Gasteiger partial charge on any atom is 0.229 e. The Morgan fingerprint density at radius 1 is 0.780 bits per heavy atom. The van der Waals surface area contributed by atoms with Gasteiger partial charge in [0.05, 0.1) is 47.8 Å². The van der Waals surface area contributed by atoms with Crippen LogP contribution in [0.2, 0.25) is 0 Å². The monoisotopic (exact) mass is 582 g/mol. The highest BCUT2D eigenvalue weighted by atomic mass is 16.7. The van der Waals surface area contributed by atoms with Crippen LogP contribution in [-0.2, 0) is 15.9 Å². The first-order valence-corrected chi connectivity index (χ1v) is 13.1. The molecule has 2 aliphatic heterocycles. The van der Waals surface area contributed by atoms with E-state index in [4.69, 9.17) is 33.2 Å². The third-order valence-electron chi connectivity index (χ3n) is 7.63. The molecule has 0 aliphatic carbocycles. The van der Waals surface area contributed by atoms with E-state index in [0.717, 1.165) is 5.56 Å². The van der Waals surface area contributed by atoms with Crippen LogP contribution in [0.25, 0.3) is 0 Å². The standard InChI is InChI=1S/C28H38O13/c1-35-17-6-13(7-18(36-2)22(17)31)5-15-12-39-26(16(15)10-29)14-8-19(37-3)27(20(9-14)38-4)41-28-25(34)24(33)23(32)21(11-30)40-28/h6-9,15-16,21,23-26,28-34H,5,10-12H2,1-4H3/t15-,16-,21+,23+,24-,25+,26+,28-/m0/s1. The number of aromatic hydroxyl groups is 1. The molecular weight excluding hydrogens is 544 g/mol. The molecular formula is C28H38O13. The molecule has 41 heavy (non-hydrogen) atoms. The third-order valence-corrected chi connectivity index (χ3v) is 7.63. The Morgan fingerprint density at radius 2 is 1.37 bits per heavy atom. The van der Waals surface area contributed by atoms with Crippen LogP contribution in [0.15, 0.2) is 24.3 Å². The van der Waals surface area contributed by atoms with Gasteiger partial charge in [0.15, 0.2) is 23.0 Å². The minimum atomic E-state index is -1.63. The van der Waals surface area contributed by atoms with Gasteiger partial charge >= 0.3 is 0 Å². The van der Waals surface area contributed by atoms with Crippen LogP contribution in [0.4, 0.5) is 0 Å². The van der Waals surface area contributed by atoms with E-state index in [9.17, 15) is 30.6 Å². The predicted molar refractivity (Wildman–Crippen MR) is 142 cm³/mol. The molecule has 0 bridgehead atoms. The fraction of sp³-hybridized carbons (Fsp3) is 0.571. The van der Waals surface area contributed by atoms with Gasteiger partial charge < -0.3 is 63.8 Å². The average Bonchev–Trinajstić information content (AvgIpc) is 3.40. The van der Waals surface area contributed by atoms with Crippen LogP contribution in [0.5, 0.6) is 34.5 Å². The number of benzene rings is 2. The highest BCUT2D eigenvalue weighted by Crippen LogP contribution is 2.47. The average molecular weight is 583 g/mol. The minimum Gasteiger partial charge on any atom is -0.502 e. The zero-order valence-corrected chi connectivity index (χ0v) is 23.3. The number of aliphatic hydroxyl groups is 5. The molecule has 2 fully saturated rings. The van der Waals surface area contributed by atoms with E-state index in [1.54, 1.807) is 24.3 Å². The zero-order valence-electron chi connectivity index (χ0n) is 23.3. The Balaban J connectivity index is 1.59. The molecule has 6 N–H and O–H groups in total. The van der Waals surface area contributed by atoms with E-state index in [1.165, 1.54) is 28.4 Å². The van der Waals surface area contributed by atoms with Gasteiger partial charge in [-0.25, -0.2) is 0 Å². The van der Waals surface area contributed by atoms with Crippen LogP contribution in [-0.4, -0.2) is 110 Å². The third kappa shape index (κ3) is 6.11. The topological polar surface area (TPSA) is 186 Å². The van der Waals surface area contributed by atoms with Gasteiger partial charge in [-0.15, -0.1) is 0 Å². The normalized spacial score (nSPS) is 29.7. The molecule has 2 saturated heterocycles. The number of methoxy groups -OCH3 is 4. The number of phenols is 1.